The van der Waals surface area contributed by atoms with Crippen LogP contribution in [0.15, 0.2) is 42.9 Å². The highest BCUT2D eigenvalue weighted by atomic mass is 31.2. The number of aromatic nitrogens is 4. The van der Waals surface area contributed by atoms with Gasteiger partial charge in [0.2, 0.25) is 0 Å². The zero-order chi connectivity index (χ0) is 31.5. The summed E-state index contributed by atoms with van der Waals surface area (Å²) in [5, 5.41) is 6.78. The molecule has 1 aliphatic heterocycles. The summed E-state index contributed by atoms with van der Waals surface area (Å²) < 4.78 is 60.5. The average molecular weight is 622 g/mol. The number of halogens is 1. The van der Waals surface area contributed by atoms with Gasteiger partial charge in [0.05, 0.1) is 36.2 Å². The molecule has 1 aliphatic rings. The molecule has 3 aromatic rings. The van der Waals surface area contributed by atoms with Crippen LogP contribution >= 0.6 is 7.75 Å². The number of carbonyl (C=O) groups excluding carboxylic acids is 2. The van der Waals surface area contributed by atoms with E-state index in [0.29, 0.717) is 11.3 Å². The molecule has 43 heavy (non-hydrogen) atoms. The number of para-hydroxylation sites is 1. The van der Waals surface area contributed by atoms with Gasteiger partial charge in [0.15, 0.2) is 17.4 Å². The third-order valence-corrected chi connectivity index (χ3v) is 8.29. The number of nitrogens with zero attached hydrogens (tertiary/aromatic N) is 4. The number of carbonyl (C=O) groups is 2. The number of esters is 2. The zero-order valence-corrected chi connectivity index (χ0v) is 26.0. The standard InChI is InChI=1S/C28H37FN5O8P/c1-16(2)26(35)41-24-22(40-23(28(24,7)29)21-13-30-25-18(5)31-15-32-34(21)25)14-38-43(37,42-20-11-9-8-10-12-20)33-19(6)27(36)39-17(3)4/h8-13,15-17,19,22-24H,14H2,1-7H3,(H,33,37)/t19-,22+,23-,24+,28-,43?/m0/s1. The van der Waals surface area contributed by atoms with Crippen molar-refractivity contribution in [2.24, 2.45) is 5.92 Å². The topological polar surface area (TPSA) is 152 Å². The van der Waals surface area contributed by atoms with Crippen molar-refractivity contribution in [3.63, 3.8) is 0 Å². The molecule has 4 rings (SSSR count). The third kappa shape index (κ3) is 7.38. The van der Waals surface area contributed by atoms with E-state index in [1.54, 1.807) is 65.0 Å². The minimum atomic E-state index is -4.33. The van der Waals surface area contributed by atoms with Crippen LogP contribution < -0.4 is 9.61 Å². The highest BCUT2D eigenvalue weighted by Gasteiger charge is 2.59. The van der Waals surface area contributed by atoms with Gasteiger partial charge in [0, 0.05) is 0 Å². The van der Waals surface area contributed by atoms with Crippen molar-refractivity contribution in [2.45, 2.75) is 84.6 Å². The second-order valence-corrected chi connectivity index (χ2v) is 12.7. The molecule has 0 radical (unpaired) electrons. The highest BCUT2D eigenvalue weighted by molar-refractivity contribution is 7.52. The van der Waals surface area contributed by atoms with Gasteiger partial charge in [0.25, 0.3) is 0 Å². The van der Waals surface area contributed by atoms with Gasteiger partial charge in [-0.2, -0.15) is 10.2 Å². The van der Waals surface area contributed by atoms with E-state index in [2.05, 4.69) is 20.2 Å². The maximum atomic E-state index is 16.7. The van der Waals surface area contributed by atoms with Gasteiger partial charge in [0.1, 0.15) is 30.3 Å². The van der Waals surface area contributed by atoms with Crippen molar-refractivity contribution in [1.29, 1.82) is 0 Å². The summed E-state index contributed by atoms with van der Waals surface area (Å²) in [5.41, 5.74) is -1.07. The highest BCUT2D eigenvalue weighted by Crippen LogP contribution is 2.49. The maximum Gasteiger partial charge on any atom is 0.459 e. The molecule has 2 aromatic heterocycles. The number of benzene rings is 1. The molecule has 1 fully saturated rings. The quantitative estimate of drug-likeness (QED) is 0.227. The second kappa shape index (κ2) is 13.0. The molecule has 6 atom stereocenters. The Morgan fingerprint density at radius 2 is 1.84 bits per heavy atom. The van der Waals surface area contributed by atoms with Gasteiger partial charge in [-0.3, -0.25) is 14.1 Å². The average Bonchev–Trinajstić information content (AvgIpc) is 3.46. The summed E-state index contributed by atoms with van der Waals surface area (Å²) >= 11 is 0. The van der Waals surface area contributed by atoms with Gasteiger partial charge in [-0.1, -0.05) is 32.0 Å². The largest absolute Gasteiger partial charge is 0.462 e. The Morgan fingerprint density at radius 1 is 1.14 bits per heavy atom. The molecule has 1 aromatic carbocycles. The van der Waals surface area contributed by atoms with Crippen LogP contribution in [0.25, 0.3) is 5.65 Å². The number of fused-ring (bicyclic) bond motifs is 1. The van der Waals surface area contributed by atoms with E-state index in [4.69, 9.17) is 23.3 Å². The fourth-order valence-electron chi connectivity index (χ4n) is 4.46. The van der Waals surface area contributed by atoms with Crippen LogP contribution in [-0.4, -0.2) is 68.2 Å². The summed E-state index contributed by atoms with van der Waals surface area (Å²) in [6.45, 7) is 10.5. The lowest BCUT2D eigenvalue weighted by atomic mass is 9.93. The van der Waals surface area contributed by atoms with E-state index in [1.807, 2.05) is 0 Å². The van der Waals surface area contributed by atoms with Crippen molar-refractivity contribution in [3.05, 3.63) is 54.2 Å². The second-order valence-electron chi connectivity index (χ2n) is 11.0. The number of alkyl halides is 1. The van der Waals surface area contributed by atoms with Gasteiger partial charge in [-0.25, -0.2) is 23.4 Å². The van der Waals surface area contributed by atoms with Crippen molar-refractivity contribution >= 4 is 25.3 Å². The van der Waals surface area contributed by atoms with Crippen LogP contribution in [0.2, 0.25) is 0 Å². The number of rotatable bonds is 12. The molecular formula is C28H37FN5O8P. The molecule has 234 valence electrons. The Hall–Kier alpha value is -3.45. The van der Waals surface area contributed by atoms with Crippen molar-refractivity contribution < 1.29 is 41.8 Å². The van der Waals surface area contributed by atoms with E-state index in [-0.39, 0.29) is 11.4 Å². The Bertz CT molecular complexity index is 1480. The van der Waals surface area contributed by atoms with Gasteiger partial charge < -0.3 is 18.7 Å². The SMILES string of the molecule is Cc1ncnn2c([C@@H]3O[C@H](COP(=O)(N[C@@H](C)C(=O)OC(C)C)Oc4ccccc4)[C@@H](OC(=O)C(C)C)[C@@]3(C)F)cnc12. The number of hydrogen-bond acceptors (Lipinski definition) is 11. The van der Waals surface area contributed by atoms with Crippen LogP contribution in [0.4, 0.5) is 4.39 Å². The summed E-state index contributed by atoms with van der Waals surface area (Å²) in [6, 6.07) is 7.07. The first-order valence-corrected chi connectivity index (χ1v) is 15.4. The van der Waals surface area contributed by atoms with E-state index in [1.165, 1.54) is 30.9 Å². The molecule has 0 aliphatic carbocycles. The summed E-state index contributed by atoms with van der Waals surface area (Å²) in [6.07, 6.45) is -1.72. The smallest absolute Gasteiger partial charge is 0.459 e. The van der Waals surface area contributed by atoms with Crippen LogP contribution in [0, 0.1) is 12.8 Å². The number of imidazole rings is 1. The van der Waals surface area contributed by atoms with E-state index >= 15 is 4.39 Å². The lowest BCUT2D eigenvalue weighted by Crippen LogP contribution is -2.44. The molecule has 3 heterocycles. The molecule has 1 N–H and O–H groups in total. The van der Waals surface area contributed by atoms with E-state index in [0.717, 1.165) is 0 Å². The number of aryl methyl sites for hydroxylation is 1. The van der Waals surface area contributed by atoms with Crippen LogP contribution in [-0.2, 0) is 32.9 Å². The minimum Gasteiger partial charge on any atom is -0.462 e. The minimum absolute atomic E-state index is 0.187. The Morgan fingerprint density at radius 3 is 2.49 bits per heavy atom. The predicted molar refractivity (Wildman–Crippen MR) is 152 cm³/mol. The van der Waals surface area contributed by atoms with Crippen LogP contribution in [0.5, 0.6) is 5.75 Å². The predicted octanol–water partition coefficient (Wildman–Crippen LogP) is 4.30. The Labute approximate surface area is 249 Å². The Kier molecular flexibility index (Phi) is 9.85. The van der Waals surface area contributed by atoms with Gasteiger partial charge >= 0.3 is 19.7 Å². The molecule has 13 nitrogen and oxygen atoms in total. The maximum absolute atomic E-state index is 16.7. The monoisotopic (exact) mass is 621 g/mol. The third-order valence-electron chi connectivity index (χ3n) is 6.64. The van der Waals surface area contributed by atoms with E-state index < -0.39 is 68.3 Å². The molecule has 0 amide bonds. The molecule has 0 saturated carbocycles. The summed E-state index contributed by atoms with van der Waals surface area (Å²) in [5.74, 6) is -1.72. The van der Waals surface area contributed by atoms with E-state index in [9.17, 15) is 14.2 Å². The molecule has 0 bridgehead atoms. The van der Waals surface area contributed by atoms with Crippen molar-refractivity contribution in [3.8, 4) is 5.75 Å². The van der Waals surface area contributed by atoms with Crippen LogP contribution in [0.1, 0.15) is 59.0 Å². The lowest BCUT2D eigenvalue weighted by molar-refractivity contribution is -0.162. The van der Waals surface area contributed by atoms with Crippen LogP contribution in [0.3, 0.4) is 0 Å². The molecule has 15 heteroatoms. The molecule has 0 spiro atoms. The first kappa shape index (κ1) is 32.5. The van der Waals surface area contributed by atoms with Gasteiger partial charge in [-0.05, 0) is 46.8 Å². The number of hydrogen-bond donors (Lipinski definition) is 1. The summed E-state index contributed by atoms with van der Waals surface area (Å²) in [7, 11) is -4.33. The Balaban J connectivity index is 1.64. The lowest BCUT2D eigenvalue weighted by Gasteiger charge is -2.28. The molecular weight excluding hydrogens is 584 g/mol. The fourth-order valence-corrected chi connectivity index (χ4v) is 5.97. The fraction of sp³-hybridized carbons (Fsp3) is 0.536. The molecule has 1 saturated heterocycles. The van der Waals surface area contributed by atoms with Crippen molar-refractivity contribution in [1.82, 2.24) is 24.7 Å². The van der Waals surface area contributed by atoms with Gasteiger partial charge in [-0.15, -0.1) is 0 Å². The normalized spacial score (nSPS) is 24.2. The zero-order valence-electron chi connectivity index (χ0n) is 25.1. The first-order valence-electron chi connectivity index (χ1n) is 13.9. The number of ether oxygens (including phenoxy) is 3. The number of nitrogens with one attached hydrogen (secondary N) is 1. The summed E-state index contributed by atoms with van der Waals surface area (Å²) in [4.78, 5) is 33.6. The molecule has 1 unspecified atom stereocenters. The first-order chi connectivity index (χ1) is 20.2. The van der Waals surface area contributed by atoms with Crippen molar-refractivity contribution in [2.75, 3.05) is 6.61 Å².